The Hall–Kier alpha value is -0.860. The van der Waals surface area contributed by atoms with Gasteiger partial charge in [0, 0.05) is 0 Å². The quantitative estimate of drug-likeness (QED) is 0.343. The van der Waals surface area contributed by atoms with Crippen LogP contribution in [0.3, 0.4) is 0 Å². The third-order valence-corrected chi connectivity index (χ3v) is 5.37. The summed E-state index contributed by atoms with van der Waals surface area (Å²) in [5, 5.41) is 19.9. The highest BCUT2D eigenvalue weighted by atomic mass is 16.3. The van der Waals surface area contributed by atoms with E-state index in [1.54, 1.807) is 0 Å². The predicted molar refractivity (Wildman–Crippen MR) is 113 cm³/mol. The molecular formula is C24H42O2. The minimum atomic E-state index is -0.107. The number of aliphatic hydroxyl groups is 2. The molecule has 26 heavy (non-hydrogen) atoms. The molecule has 1 aromatic rings. The van der Waals surface area contributed by atoms with Crippen molar-refractivity contribution in [3.05, 3.63) is 35.4 Å². The molecule has 150 valence electrons. The summed E-state index contributed by atoms with van der Waals surface area (Å²) in [4.78, 5) is 0. The summed E-state index contributed by atoms with van der Waals surface area (Å²) in [7, 11) is 0. The maximum Gasteiger partial charge on any atom is 0.0540 e. The molecule has 0 aliphatic rings. The number of unbranched alkanes of at least 4 members (excludes halogenated alkanes) is 4. The summed E-state index contributed by atoms with van der Waals surface area (Å²) in [5.41, 5.74) is 2.95. The van der Waals surface area contributed by atoms with Crippen LogP contribution in [0.5, 0.6) is 0 Å². The SMILES string of the molecule is CCCCC(O)CCCCc1ccccc1CCCCC(O)CCCC. The molecule has 0 aliphatic heterocycles. The van der Waals surface area contributed by atoms with Gasteiger partial charge < -0.3 is 10.2 Å². The van der Waals surface area contributed by atoms with Gasteiger partial charge in [-0.3, -0.25) is 0 Å². The zero-order valence-electron chi connectivity index (χ0n) is 17.3. The molecule has 1 aromatic carbocycles. The van der Waals surface area contributed by atoms with Crippen LogP contribution in [0.15, 0.2) is 24.3 Å². The highest BCUT2D eigenvalue weighted by Crippen LogP contribution is 2.18. The molecule has 0 saturated heterocycles. The largest absolute Gasteiger partial charge is 0.393 e. The Morgan fingerprint density at radius 1 is 0.615 bits per heavy atom. The van der Waals surface area contributed by atoms with Crippen molar-refractivity contribution in [1.82, 2.24) is 0 Å². The smallest absolute Gasteiger partial charge is 0.0540 e. The summed E-state index contributed by atoms with van der Waals surface area (Å²) < 4.78 is 0. The Balaban J connectivity index is 2.25. The lowest BCUT2D eigenvalue weighted by atomic mass is 9.96. The Bertz CT molecular complexity index is 403. The van der Waals surface area contributed by atoms with Crippen molar-refractivity contribution < 1.29 is 10.2 Å². The predicted octanol–water partition coefficient (Wildman–Crippen LogP) is 6.21. The first kappa shape index (κ1) is 23.2. The molecule has 0 heterocycles. The lowest BCUT2D eigenvalue weighted by molar-refractivity contribution is 0.148. The fourth-order valence-electron chi connectivity index (χ4n) is 3.60. The molecule has 2 heteroatoms. The van der Waals surface area contributed by atoms with E-state index in [4.69, 9.17) is 0 Å². The minimum absolute atomic E-state index is 0.107. The van der Waals surface area contributed by atoms with Crippen LogP contribution in [0.2, 0.25) is 0 Å². The van der Waals surface area contributed by atoms with Crippen LogP contribution in [0.25, 0.3) is 0 Å². The van der Waals surface area contributed by atoms with Gasteiger partial charge in [0.25, 0.3) is 0 Å². The van der Waals surface area contributed by atoms with Crippen LogP contribution in [0.1, 0.15) is 102 Å². The highest BCUT2D eigenvalue weighted by molar-refractivity contribution is 5.27. The summed E-state index contributed by atoms with van der Waals surface area (Å²) >= 11 is 0. The molecule has 2 unspecified atom stereocenters. The normalized spacial score (nSPS) is 13.7. The van der Waals surface area contributed by atoms with Crippen LogP contribution in [0, 0.1) is 0 Å². The molecule has 2 atom stereocenters. The van der Waals surface area contributed by atoms with Crippen molar-refractivity contribution in [2.75, 3.05) is 0 Å². The lowest BCUT2D eigenvalue weighted by Gasteiger charge is -2.12. The van der Waals surface area contributed by atoms with Crippen LogP contribution in [-0.4, -0.2) is 22.4 Å². The third kappa shape index (κ3) is 11.0. The van der Waals surface area contributed by atoms with E-state index >= 15 is 0 Å². The first-order valence-electron chi connectivity index (χ1n) is 11.1. The Morgan fingerprint density at radius 3 is 1.38 bits per heavy atom. The molecule has 1 rings (SSSR count). The van der Waals surface area contributed by atoms with E-state index in [2.05, 4.69) is 38.1 Å². The molecule has 0 radical (unpaired) electrons. The van der Waals surface area contributed by atoms with Gasteiger partial charge in [0.05, 0.1) is 12.2 Å². The Morgan fingerprint density at radius 2 is 1.00 bits per heavy atom. The van der Waals surface area contributed by atoms with Crippen molar-refractivity contribution in [1.29, 1.82) is 0 Å². The monoisotopic (exact) mass is 362 g/mol. The van der Waals surface area contributed by atoms with Gasteiger partial charge in [-0.05, 0) is 62.5 Å². The molecule has 0 amide bonds. The van der Waals surface area contributed by atoms with E-state index in [1.165, 1.54) is 24.0 Å². The molecule has 0 aromatic heterocycles. The van der Waals surface area contributed by atoms with Gasteiger partial charge in [0.2, 0.25) is 0 Å². The topological polar surface area (TPSA) is 40.5 Å². The summed E-state index contributed by atoms with van der Waals surface area (Å²) in [6.07, 6.45) is 15.0. The second-order valence-corrected chi connectivity index (χ2v) is 7.85. The second-order valence-electron chi connectivity index (χ2n) is 7.85. The van der Waals surface area contributed by atoms with Gasteiger partial charge in [0.15, 0.2) is 0 Å². The Labute approximate surface area is 162 Å². The van der Waals surface area contributed by atoms with Crippen molar-refractivity contribution >= 4 is 0 Å². The summed E-state index contributed by atoms with van der Waals surface area (Å²) in [5.74, 6) is 0. The number of rotatable bonds is 16. The van der Waals surface area contributed by atoms with Gasteiger partial charge in [-0.15, -0.1) is 0 Å². The molecule has 2 nitrogen and oxygen atoms in total. The minimum Gasteiger partial charge on any atom is -0.393 e. The first-order chi connectivity index (χ1) is 12.7. The number of aryl methyl sites for hydroxylation is 2. The molecule has 0 fully saturated rings. The van der Waals surface area contributed by atoms with Crippen molar-refractivity contribution in [3.63, 3.8) is 0 Å². The van der Waals surface area contributed by atoms with E-state index < -0.39 is 0 Å². The molecular weight excluding hydrogens is 320 g/mol. The van der Waals surface area contributed by atoms with Crippen molar-refractivity contribution in [2.45, 2.75) is 116 Å². The van der Waals surface area contributed by atoms with Gasteiger partial charge in [-0.2, -0.15) is 0 Å². The van der Waals surface area contributed by atoms with Crippen LogP contribution < -0.4 is 0 Å². The Kier molecular flexibility index (Phi) is 13.6. The average molecular weight is 363 g/mol. The third-order valence-electron chi connectivity index (χ3n) is 5.37. The zero-order valence-corrected chi connectivity index (χ0v) is 17.3. The average Bonchev–Trinajstić information content (AvgIpc) is 2.66. The molecule has 0 aliphatic carbocycles. The molecule has 2 N–H and O–H groups in total. The molecule has 0 spiro atoms. The second kappa shape index (κ2) is 15.2. The number of benzene rings is 1. The number of hydrogen-bond donors (Lipinski definition) is 2. The molecule has 0 bridgehead atoms. The van der Waals surface area contributed by atoms with Crippen LogP contribution >= 0.6 is 0 Å². The maximum absolute atomic E-state index is 9.95. The van der Waals surface area contributed by atoms with Gasteiger partial charge in [-0.25, -0.2) is 0 Å². The first-order valence-corrected chi connectivity index (χ1v) is 11.1. The van der Waals surface area contributed by atoms with E-state index in [1.807, 2.05) is 0 Å². The molecule has 0 saturated carbocycles. The highest BCUT2D eigenvalue weighted by Gasteiger charge is 2.07. The van der Waals surface area contributed by atoms with E-state index in [0.717, 1.165) is 77.0 Å². The maximum atomic E-state index is 9.95. The summed E-state index contributed by atoms with van der Waals surface area (Å²) in [6.45, 7) is 4.35. The van der Waals surface area contributed by atoms with E-state index in [9.17, 15) is 10.2 Å². The van der Waals surface area contributed by atoms with Gasteiger partial charge in [-0.1, -0.05) is 76.6 Å². The van der Waals surface area contributed by atoms with Crippen LogP contribution in [0.4, 0.5) is 0 Å². The lowest BCUT2D eigenvalue weighted by Crippen LogP contribution is -2.06. The van der Waals surface area contributed by atoms with E-state index in [-0.39, 0.29) is 12.2 Å². The van der Waals surface area contributed by atoms with Crippen molar-refractivity contribution in [2.24, 2.45) is 0 Å². The van der Waals surface area contributed by atoms with Gasteiger partial charge in [0.1, 0.15) is 0 Å². The number of aliphatic hydroxyl groups excluding tert-OH is 2. The zero-order chi connectivity index (χ0) is 19.0. The fraction of sp³-hybridized carbons (Fsp3) is 0.750. The fourth-order valence-corrected chi connectivity index (χ4v) is 3.60. The van der Waals surface area contributed by atoms with Gasteiger partial charge >= 0.3 is 0 Å². The standard InChI is InChI=1S/C24H42O2/c1-3-5-17-23(25)19-11-9-15-21-13-7-8-14-22(21)16-10-12-20-24(26)18-6-4-2/h7-8,13-14,23-26H,3-6,9-12,15-20H2,1-2H3. The van der Waals surface area contributed by atoms with Crippen LogP contribution in [-0.2, 0) is 12.8 Å². The van der Waals surface area contributed by atoms with E-state index in [0.29, 0.717) is 0 Å². The number of hydrogen-bond acceptors (Lipinski definition) is 2. The summed E-state index contributed by atoms with van der Waals surface area (Å²) in [6, 6.07) is 8.81. The van der Waals surface area contributed by atoms with Crippen molar-refractivity contribution in [3.8, 4) is 0 Å².